The van der Waals surface area contributed by atoms with Gasteiger partial charge in [0.15, 0.2) is 0 Å². The second-order valence-corrected chi connectivity index (χ2v) is 8.43. The van der Waals surface area contributed by atoms with Gasteiger partial charge in [0.05, 0.1) is 17.6 Å². The van der Waals surface area contributed by atoms with Gasteiger partial charge in [-0.1, -0.05) is 19.1 Å². The number of aromatic nitrogens is 5. The van der Waals surface area contributed by atoms with Gasteiger partial charge in [0.1, 0.15) is 12.3 Å². The number of carbonyl (C=O) groups excluding carboxylic acids is 1. The van der Waals surface area contributed by atoms with Crippen LogP contribution in [-0.2, 0) is 24.4 Å². The molecule has 0 aromatic carbocycles. The summed E-state index contributed by atoms with van der Waals surface area (Å²) in [6.45, 7) is 9.65. The summed E-state index contributed by atoms with van der Waals surface area (Å²) in [5, 5.41) is 8.42. The molecule has 0 atom stereocenters. The Morgan fingerprint density at radius 1 is 1.16 bits per heavy atom. The Labute approximate surface area is 182 Å². The van der Waals surface area contributed by atoms with E-state index in [2.05, 4.69) is 34.1 Å². The summed E-state index contributed by atoms with van der Waals surface area (Å²) in [5.74, 6) is 1.14. The lowest BCUT2D eigenvalue weighted by molar-refractivity contribution is -0.132. The van der Waals surface area contributed by atoms with Crippen molar-refractivity contribution in [3.8, 4) is 11.6 Å². The molecule has 0 saturated heterocycles. The van der Waals surface area contributed by atoms with Gasteiger partial charge in [-0.3, -0.25) is 9.78 Å². The molecule has 8 heteroatoms. The van der Waals surface area contributed by atoms with Gasteiger partial charge in [-0.15, -0.1) is 5.10 Å². The fraction of sp³-hybridized carbons (Fsp3) is 0.435. The van der Waals surface area contributed by atoms with Crippen molar-refractivity contribution in [3.63, 3.8) is 0 Å². The molecule has 3 aromatic heterocycles. The van der Waals surface area contributed by atoms with E-state index in [0.717, 1.165) is 41.3 Å². The fourth-order valence-corrected chi connectivity index (χ4v) is 3.67. The largest absolute Gasteiger partial charge is 0.471 e. The lowest BCUT2D eigenvalue weighted by atomic mass is 10.0. The molecule has 1 aliphatic heterocycles. The molecule has 3 aromatic rings. The van der Waals surface area contributed by atoms with Crippen molar-refractivity contribution < 1.29 is 9.53 Å². The molecule has 0 bridgehead atoms. The van der Waals surface area contributed by atoms with E-state index in [1.807, 2.05) is 43.1 Å². The van der Waals surface area contributed by atoms with Gasteiger partial charge >= 0.3 is 0 Å². The summed E-state index contributed by atoms with van der Waals surface area (Å²) < 4.78 is 7.75. The molecular weight excluding hydrogens is 392 g/mol. The molecule has 1 aliphatic rings. The molecule has 31 heavy (non-hydrogen) atoms. The van der Waals surface area contributed by atoms with Gasteiger partial charge in [0.25, 0.3) is 0 Å². The number of fused-ring (bicyclic) bond motifs is 1. The summed E-state index contributed by atoms with van der Waals surface area (Å²) in [6, 6.07) is 5.89. The number of hydrogen-bond donors (Lipinski definition) is 0. The molecule has 0 unspecified atom stereocenters. The SMILES string of the molecule is Cc1ccc(-n2nnc(C)c2COc2cc3c(cn2)CN(C(=O)CC(C)C)CC3)cn1. The number of hydrogen-bond acceptors (Lipinski definition) is 6. The van der Waals surface area contributed by atoms with Crippen LogP contribution < -0.4 is 4.74 Å². The Morgan fingerprint density at radius 2 is 2.00 bits per heavy atom. The standard InChI is InChI=1S/C23H28N6O2/c1-15(2)9-23(30)28-8-7-18-10-22(25-11-19(18)13-28)31-14-21-17(4)26-27-29(21)20-6-5-16(3)24-12-20/h5-6,10-12,15H,7-9,13-14H2,1-4H3. The average molecular weight is 421 g/mol. The summed E-state index contributed by atoms with van der Waals surface area (Å²) in [7, 11) is 0. The molecule has 8 nitrogen and oxygen atoms in total. The zero-order valence-electron chi connectivity index (χ0n) is 18.5. The second-order valence-electron chi connectivity index (χ2n) is 8.43. The van der Waals surface area contributed by atoms with E-state index in [0.29, 0.717) is 31.4 Å². The first kappa shape index (κ1) is 21.0. The molecule has 0 spiro atoms. The zero-order chi connectivity index (χ0) is 22.0. The van der Waals surface area contributed by atoms with Crippen LogP contribution in [0.4, 0.5) is 0 Å². The van der Waals surface area contributed by atoms with E-state index >= 15 is 0 Å². The maximum atomic E-state index is 12.4. The van der Waals surface area contributed by atoms with Crippen LogP contribution >= 0.6 is 0 Å². The van der Waals surface area contributed by atoms with Crippen molar-refractivity contribution >= 4 is 5.91 Å². The maximum absolute atomic E-state index is 12.4. The Morgan fingerprint density at radius 3 is 2.74 bits per heavy atom. The van der Waals surface area contributed by atoms with Crippen molar-refractivity contribution in [3.05, 3.63) is 58.8 Å². The third-order valence-electron chi connectivity index (χ3n) is 5.46. The molecule has 0 N–H and O–H groups in total. The predicted molar refractivity (Wildman–Crippen MR) is 116 cm³/mol. The molecule has 0 saturated carbocycles. The predicted octanol–water partition coefficient (Wildman–Crippen LogP) is 3.18. The Balaban J connectivity index is 1.45. The van der Waals surface area contributed by atoms with E-state index in [1.54, 1.807) is 10.9 Å². The first-order valence-corrected chi connectivity index (χ1v) is 10.6. The highest BCUT2D eigenvalue weighted by atomic mass is 16.5. The summed E-state index contributed by atoms with van der Waals surface area (Å²) in [6.07, 6.45) is 5.00. The molecule has 1 amide bonds. The van der Waals surface area contributed by atoms with Crippen LogP contribution in [0.5, 0.6) is 5.88 Å². The Hall–Kier alpha value is -3.29. The van der Waals surface area contributed by atoms with E-state index in [1.165, 1.54) is 5.56 Å². The molecule has 0 aliphatic carbocycles. The van der Waals surface area contributed by atoms with Crippen molar-refractivity contribution in [2.75, 3.05) is 6.54 Å². The van der Waals surface area contributed by atoms with Crippen LogP contribution in [0.25, 0.3) is 5.69 Å². The van der Waals surface area contributed by atoms with Crippen LogP contribution in [0.3, 0.4) is 0 Å². The minimum absolute atomic E-state index is 0.211. The van der Waals surface area contributed by atoms with Crippen molar-refractivity contribution in [2.45, 2.75) is 53.7 Å². The monoisotopic (exact) mass is 420 g/mol. The van der Waals surface area contributed by atoms with E-state index in [4.69, 9.17) is 4.74 Å². The van der Waals surface area contributed by atoms with Crippen LogP contribution in [0.15, 0.2) is 30.6 Å². The number of aryl methyl sites for hydroxylation is 2. The average Bonchev–Trinajstić information content (AvgIpc) is 3.12. The van der Waals surface area contributed by atoms with Crippen LogP contribution in [0.2, 0.25) is 0 Å². The normalized spacial score (nSPS) is 13.4. The summed E-state index contributed by atoms with van der Waals surface area (Å²) >= 11 is 0. The van der Waals surface area contributed by atoms with E-state index in [-0.39, 0.29) is 5.91 Å². The number of amides is 1. The maximum Gasteiger partial charge on any atom is 0.223 e. The summed E-state index contributed by atoms with van der Waals surface area (Å²) in [4.78, 5) is 23.1. The molecule has 4 heterocycles. The van der Waals surface area contributed by atoms with E-state index in [9.17, 15) is 4.79 Å². The first-order chi connectivity index (χ1) is 14.9. The van der Waals surface area contributed by atoms with Crippen molar-refractivity contribution in [1.29, 1.82) is 0 Å². The van der Waals surface area contributed by atoms with Gasteiger partial charge in [-0.25, -0.2) is 9.67 Å². The lowest BCUT2D eigenvalue weighted by Crippen LogP contribution is -2.36. The van der Waals surface area contributed by atoms with Gasteiger partial charge < -0.3 is 9.64 Å². The van der Waals surface area contributed by atoms with Gasteiger partial charge in [-0.05, 0) is 49.4 Å². The smallest absolute Gasteiger partial charge is 0.223 e. The highest BCUT2D eigenvalue weighted by Gasteiger charge is 2.22. The Bertz CT molecular complexity index is 1070. The molecule has 162 valence electrons. The summed E-state index contributed by atoms with van der Waals surface area (Å²) in [5.41, 5.74) is 5.72. The van der Waals surface area contributed by atoms with Gasteiger partial charge in [0, 0.05) is 37.5 Å². The van der Waals surface area contributed by atoms with Crippen LogP contribution in [-0.4, -0.2) is 42.3 Å². The van der Waals surface area contributed by atoms with Gasteiger partial charge in [0.2, 0.25) is 11.8 Å². The number of nitrogens with zero attached hydrogens (tertiary/aromatic N) is 6. The fourth-order valence-electron chi connectivity index (χ4n) is 3.67. The van der Waals surface area contributed by atoms with Crippen LogP contribution in [0.1, 0.15) is 48.5 Å². The molecule has 4 rings (SSSR count). The van der Waals surface area contributed by atoms with Crippen LogP contribution in [0, 0.1) is 19.8 Å². The number of carbonyl (C=O) groups is 1. The highest BCUT2D eigenvalue weighted by Crippen LogP contribution is 2.24. The Kier molecular flexibility index (Phi) is 5.97. The third-order valence-corrected chi connectivity index (χ3v) is 5.46. The number of rotatable bonds is 6. The van der Waals surface area contributed by atoms with Gasteiger partial charge in [-0.2, -0.15) is 0 Å². The quantitative estimate of drug-likeness (QED) is 0.609. The van der Waals surface area contributed by atoms with Crippen molar-refractivity contribution in [2.24, 2.45) is 5.92 Å². The number of ether oxygens (including phenoxy) is 1. The highest BCUT2D eigenvalue weighted by molar-refractivity contribution is 5.76. The van der Waals surface area contributed by atoms with E-state index < -0.39 is 0 Å². The first-order valence-electron chi connectivity index (χ1n) is 10.6. The lowest BCUT2D eigenvalue weighted by Gasteiger charge is -2.29. The number of pyridine rings is 2. The molecule has 0 radical (unpaired) electrons. The van der Waals surface area contributed by atoms with Crippen molar-refractivity contribution in [1.82, 2.24) is 29.9 Å². The zero-order valence-corrected chi connectivity index (χ0v) is 18.5. The minimum Gasteiger partial charge on any atom is -0.471 e. The molecular formula is C23H28N6O2. The topological polar surface area (TPSA) is 86.0 Å². The third kappa shape index (κ3) is 4.73. The minimum atomic E-state index is 0.211. The second kappa shape index (κ2) is 8.83. The molecule has 0 fully saturated rings.